The first kappa shape index (κ1) is 69.0. The van der Waals surface area contributed by atoms with E-state index >= 15 is 0 Å². The molecule has 0 aromatic carbocycles. The summed E-state index contributed by atoms with van der Waals surface area (Å²) in [4.78, 5) is 23.3. The van der Waals surface area contributed by atoms with Gasteiger partial charge in [-0.1, -0.05) is 355 Å². The number of carboxylic acids is 1. The Kier molecular flexibility index (Phi) is 64.9. The molecule has 1 N–H and O–H groups in total. The number of carbonyl (C=O) groups excluding carboxylic acids is 1. The van der Waals surface area contributed by atoms with Crippen molar-refractivity contribution in [2.75, 3.05) is 6.61 Å². The van der Waals surface area contributed by atoms with Crippen LogP contribution in [0.3, 0.4) is 0 Å². The number of hydrogen-bond donors (Lipinski definition) is 1. The molecule has 0 spiro atoms. The summed E-state index contributed by atoms with van der Waals surface area (Å²) in [6.07, 6.45) is 74.6. The fourth-order valence-electron chi connectivity index (χ4n) is 10.1. The van der Waals surface area contributed by atoms with Crippen LogP contribution in [0, 0.1) is 5.92 Å². The molecule has 0 aliphatic heterocycles. The van der Waals surface area contributed by atoms with Gasteiger partial charge in [0, 0.05) is 6.42 Å². The number of rotatable bonds is 58. The van der Waals surface area contributed by atoms with Crippen molar-refractivity contribution < 1.29 is 19.4 Å². The van der Waals surface area contributed by atoms with Crippen molar-refractivity contribution in [2.45, 2.75) is 387 Å². The van der Waals surface area contributed by atoms with Crippen molar-refractivity contribution in [3.05, 3.63) is 0 Å². The summed E-state index contributed by atoms with van der Waals surface area (Å²) < 4.78 is 5.81. The van der Waals surface area contributed by atoms with Gasteiger partial charge >= 0.3 is 11.9 Å². The van der Waals surface area contributed by atoms with E-state index in [4.69, 9.17) is 9.84 Å². The highest BCUT2D eigenvalue weighted by atomic mass is 16.5. The minimum atomic E-state index is -0.651. The SMILES string of the molecule is CCCCCCCCCCCCCCCCCCCCCC(=O)O.CCCCCCCCCCCCCCCCCCOC(=O)C(CCCCCC)CCCCCCCCCCCCCCCC. The van der Waals surface area contributed by atoms with Crippen molar-refractivity contribution in [2.24, 2.45) is 5.92 Å². The van der Waals surface area contributed by atoms with Gasteiger partial charge in [-0.05, 0) is 25.7 Å². The molecule has 68 heavy (non-hydrogen) atoms. The quantitative estimate of drug-likeness (QED) is 0.0487. The Hall–Kier alpha value is -1.06. The maximum Gasteiger partial charge on any atom is 0.308 e. The largest absolute Gasteiger partial charge is 0.481 e. The molecule has 0 aliphatic rings. The number of carbonyl (C=O) groups is 2. The molecule has 1 unspecified atom stereocenters. The van der Waals surface area contributed by atoms with E-state index < -0.39 is 5.97 Å². The molecule has 0 heterocycles. The summed E-state index contributed by atoms with van der Waals surface area (Å²) in [5.74, 6) is -0.399. The van der Waals surface area contributed by atoms with Crippen LogP contribution in [0.4, 0.5) is 0 Å². The maximum absolute atomic E-state index is 12.9. The second-order valence-corrected chi connectivity index (χ2v) is 21.9. The fourth-order valence-corrected chi connectivity index (χ4v) is 10.1. The Balaban J connectivity index is 0. The Morgan fingerprint density at radius 1 is 0.279 bits per heavy atom. The van der Waals surface area contributed by atoms with Gasteiger partial charge < -0.3 is 9.84 Å². The van der Waals surface area contributed by atoms with Gasteiger partial charge in [0.25, 0.3) is 0 Å². The third-order valence-corrected chi connectivity index (χ3v) is 14.9. The second kappa shape index (κ2) is 64.0. The van der Waals surface area contributed by atoms with Gasteiger partial charge in [0.2, 0.25) is 0 Å². The summed E-state index contributed by atoms with van der Waals surface area (Å²) in [5.41, 5.74) is 0. The second-order valence-electron chi connectivity index (χ2n) is 21.9. The van der Waals surface area contributed by atoms with E-state index in [0.717, 1.165) is 32.1 Å². The maximum atomic E-state index is 12.9. The molecule has 1 atom stereocenters. The highest BCUT2D eigenvalue weighted by Crippen LogP contribution is 2.22. The molecule has 0 rings (SSSR count). The summed E-state index contributed by atoms with van der Waals surface area (Å²) >= 11 is 0. The summed E-state index contributed by atoms with van der Waals surface area (Å²) in [7, 11) is 0. The number of unbranched alkanes of at least 4 members (excludes halogenated alkanes) is 49. The minimum absolute atomic E-state index is 0.108. The zero-order valence-corrected chi connectivity index (χ0v) is 47.6. The Labute approximate surface area is 429 Å². The van der Waals surface area contributed by atoms with Gasteiger partial charge in [-0.2, -0.15) is 0 Å². The van der Waals surface area contributed by atoms with Gasteiger partial charge in [0.15, 0.2) is 0 Å². The Bertz CT molecular complexity index is 918. The average Bonchev–Trinajstić information content (AvgIpc) is 3.34. The van der Waals surface area contributed by atoms with Crippen molar-refractivity contribution in [1.82, 2.24) is 0 Å². The van der Waals surface area contributed by atoms with Crippen LogP contribution in [-0.4, -0.2) is 23.7 Å². The molecule has 0 saturated heterocycles. The van der Waals surface area contributed by atoms with E-state index in [1.807, 2.05) is 0 Å². The first-order valence-electron chi connectivity index (χ1n) is 31.9. The molecule has 0 bridgehead atoms. The lowest BCUT2D eigenvalue weighted by atomic mass is 9.94. The molecule has 0 fully saturated rings. The number of ether oxygens (including phenoxy) is 1. The van der Waals surface area contributed by atoms with E-state index in [9.17, 15) is 9.59 Å². The predicted octanol–water partition coefficient (Wildman–Crippen LogP) is 23.1. The van der Waals surface area contributed by atoms with Crippen LogP contribution in [-0.2, 0) is 14.3 Å². The summed E-state index contributed by atoms with van der Waals surface area (Å²) in [5, 5.41) is 8.56. The van der Waals surface area contributed by atoms with E-state index in [0.29, 0.717) is 13.0 Å². The molecule has 0 saturated carbocycles. The smallest absolute Gasteiger partial charge is 0.308 e. The number of carboxylic acid groups (broad SMARTS) is 1. The van der Waals surface area contributed by atoms with Crippen LogP contribution < -0.4 is 0 Å². The van der Waals surface area contributed by atoms with E-state index in [1.165, 1.54) is 321 Å². The Morgan fingerprint density at radius 2 is 0.471 bits per heavy atom. The van der Waals surface area contributed by atoms with Crippen molar-refractivity contribution in [3.63, 3.8) is 0 Å². The van der Waals surface area contributed by atoms with Crippen LogP contribution in [0.15, 0.2) is 0 Å². The van der Waals surface area contributed by atoms with Gasteiger partial charge in [0.05, 0.1) is 12.5 Å². The van der Waals surface area contributed by atoms with Crippen LogP contribution >= 0.6 is 0 Å². The molecular formula is C64H128O4. The first-order valence-corrected chi connectivity index (χ1v) is 31.9. The summed E-state index contributed by atoms with van der Waals surface area (Å²) in [6.45, 7) is 9.78. The molecule has 0 radical (unpaired) electrons. The number of esters is 1. The minimum Gasteiger partial charge on any atom is -0.481 e. The summed E-state index contributed by atoms with van der Waals surface area (Å²) in [6, 6.07) is 0. The van der Waals surface area contributed by atoms with Crippen LogP contribution in [0.25, 0.3) is 0 Å². The molecule has 0 aromatic heterocycles. The first-order chi connectivity index (χ1) is 33.5. The van der Waals surface area contributed by atoms with Gasteiger partial charge in [0.1, 0.15) is 0 Å². The Morgan fingerprint density at radius 3 is 0.706 bits per heavy atom. The number of hydrogen-bond acceptors (Lipinski definition) is 3. The monoisotopic (exact) mass is 961 g/mol. The van der Waals surface area contributed by atoms with E-state index in [-0.39, 0.29) is 11.9 Å². The fraction of sp³-hybridized carbons (Fsp3) is 0.969. The third-order valence-electron chi connectivity index (χ3n) is 14.9. The van der Waals surface area contributed by atoms with E-state index in [1.54, 1.807) is 0 Å². The average molecular weight is 962 g/mol. The molecule has 0 amide bonds. The molecule has 408 valence electrons. The molecule has 4 heteroatoms. The topological polar surface area (TPSA) is 63.6 Å². The highest BCUT2D eigenvalue weighted by molar-refractivity contribution is 5.72. The molecule has 0 aromatic rings. The molecule has 4 nitrogen and oxygen atoms in total. The molecule has 0 aliphatic carbocycles. The standard InChI is InChI=1S/C42H84O2.C22H44O2/c1-4-7-10-13-15-17-19-21-23-24-26-28-30-32-34-37-40-44-42(43)41(38-35-12-9-6-3)39-36-33-31-29-27-25-22-20-18-16-14-11-8-5-2;1-2-3-4-5-6-7-8-9-10-11-12-13-14-15-16-17-18-19-20-21-22(23)24/h41H,4-40H2,1-3H3;2-21H2,1H3,(H,23,24). The normalized spacial score (nSPS) is 11.8. The van der Waals surface area contributed by atoms with Gasteiger partial charge in [-0.25, -0.2) is 0 Å². The number of aliphatic carboxylic acids is 1. The van der Waals surface area contributed by atoms with Crippen LogP contribution in [0.2, 0.25) is 0 Å². The molecular weight excluding hydrogens is 833 g/mol. The van der Waals surface area contributed by atoms with Crippen LogP contribution in [0.5, 0.6) is 0 Å². The van der Waals surface area contributed by atoms with Crippen molar-refractivity contribution >= 4 is 11.9 Å². The van der Waals surface area contributed by atoms with Gasteiger partial charge in [-0.3, -0.25) is 9.59 Å². The van der Waals surface area contributed by atoms with Crippen molar-refractivity contribution in [1.29, 1.82) is 0 Å². The zero-order valence-electron chi connectivity index (χ0n) is 47.6. The van der Waals surface area contributed by atoms with Crippen molar-refractivity contribution in [3.8, 4) is 0 Å². The lowest BCUT2D eigenvalue weighted by Crippen LogP contribution is -2.18. The van der Waals surface area contributed by atoms with Crippen LogP contribution in [0.1, 0.15) is 387 Å². The lowest BCUT2D eigenvalue weighted by Gasteiger charge is -2.16. The lowest BCUT2D eigenvalue weighted by molar-refractivity contribution is -0.149. The van der Waals surface area contributed by atoms with Gasteiger partial charge in [-0.15, -0.1) is 0 Å². The van der Waals surface area contributed by atoms with E-state index in [2.05, 4.69) is 27.7 Å². The zero-order chi connectivity index (χ0) is 49.7. The third kappa shape index (κ3) is 63.0. The highest BCUT2D eigenvalue weighted by Gasteiger charge is 2.19. The predicted molar refractivity (Wildman–Crippen MR) is 303 cm³/mol.